The van der Waals surface area contributed by atoms with E-state index in [0.29, 0.717) is 17.0 Å². The van der Waals surface area contributed by atoms with Crippen molar-refractivity contribution in [2.75, 3.05) is 13.1 Å². The van der Waals surface area contributed by atoms with Crippen molar-refractivity contribution >= 4 is 21.8 Å². The van der Waals surface area contributed by atoms with Crippen molar-refractivity contribution in [3.8, 4) is 0 Å². The number of halogens is 1. The molecule has 0 bridgehead atoms. The van der Waals surface area contributed by atoms with Crippen LogP contribution in [-0.4, -0.2) is 29.9 Å². The van der Waals surface area contributed by atoms with E-state index in [9.17, 15) is 4.79 Å². The molecule has 0 unspecified atom stereocenters. The standard InChI is InChI=1S/C10H13BrN2O2/c11-9-4-3-8(15-9)10(14)13-5-1-2-7(12)6-13/h3-4,7H,1-2,5-6,12H2/t7-/m1/s1. The topological polar surface area (TPSA) is 59.5 Å². The molecule has 0 aliphatic carbocycles. The average Bonchev–Trinajstić information content (AvgIpc) is 2.64. The Kier molecular flexibility index (Phi) is 3.11. The van der Waals surface area contributed by atoms with Crippen LogP contribution in [0.5, 0.6) is 0 Å². The van der Waals surface area contributed by atoms with Crippen LogP contribution in [0.2, 0.25) is 0 Å². The summed E-state index contributed by atoms with van der Waals surface area (Å²) in [5.41, 5.74) is 5.81. The molecule has 0 saturated carbocycles. The van der Waals surface area contributed by atoms with Crippen LogP contribution in [0.4, 0.5) is 0 Å². The van der Waals surface area contributed by atoms with Gasteiger partial charge >= 0.3 is 0 Å². The van der Waals surface area contributed by atoms with E-state index in [1.54, 1.807) is 17.0 Å². The first-order valence-corrected chi connectivity index (χ1v) is 5.76. The number of furan rings is 1. The Labute approximate surface area is 96.5 Å². The molecule has 1 atom stereocenters. The second kappa shape index (κ2) is 4.37. The van der Waals surface area contributed by atoms with E-state index >= 15 is 0 Å². The van der Waals surface area contributed by atoms with Gasteiger partial charge in [-0.3, -0.25) is 4.79 Å². The Morgan fingerprint density at radius 1 is 1.60 bits per heavy atom. The fraction of sp³-hybridized carbons (Fsp3) is 0.500. The molecule has 2 N–H and O–H groups in total. The Morgan fingerprint density at radius 3 is 3.00 bits per heavy atom. The van der Waals surface area contributed by atoms with Crippen LogP contribution in [0, 0.1) is 0 Å². The molecule has 1 aromatic rings. The molecular formula is C10H13BrN2O2. The van der Waals surface area contributed by atoms with Crippen molar-refractivity contribution in [2.24, 2.45) is 5.73 Å². The van der Waals surface area contributed by atoms with Crippen molar-refractivity contribution in [3.63, 3.8) is 0 Å². The molecule has 0 radical (unpaired) electrons. The monoisotopic (exact) mass is 272 g/mol. The van der Waals surface area contributed by atoms with Gasteiger partial charge in [-0.05, 0) is 40.9 Å². The smallest absolute Gasteiger partial charge is 0.289 e. The van der Waals surface area contributed by atoms with Crippen LogP contribution in [0.3, 0.4) is 0 Å². The van der Waals surface area contributed by atoms with Crippen LogP contribution >= 0.6 is 15.9 Å². The van der Waals surface area contributed by atoms with Gasteiger partial charge in [0.05, 0.1) is 0 Å². The highest BCUT2D eigenvalue weighted by Crippen LogP contribution is 2.17. The summed E-state index contributed by atoms with van der Waals surface area (Å²) in [6.45, 7) is 1.39. The molecule has 1 aliphatic heterocycles. The third kappa shape index (κ3) is 2.41. The number of nitrogens with zero attached hydrogens (tertiary/aromatic N) is 1. The minimum absolute atomic E-state index is 0.0733. The molecule has 0 spiro atoms. The van der Waals surface area contributed by atoms with Crippen molar-refractivity contribution < 1.29 is 9.21 Å². The fourth-order valence-electron chi connectivity index (χ4n) is 1.78. The lowest BCUT2D eigenvalue weighted by Crippen LogP contribution is -2.45. The Morgan fingerprint density at radius 2 is 2.40 bits per heavy atom. The quantitative estimate of drug-likeness (QED) is 0.845. The number of nitrogens with two attached hydrogens (primary N) is 1. The number of carbonyl (C=O) groups excluding carboxylic acids is 1. The van der Waals surface area contributed by atoms with Gasteiger partial charge in [0.2, 0.25) is 0 Å². The van der Waals surface area contributed by atoms with Gasteiger partial charge in [0, 0.05) is 19.1 Å². The summed E-state index contributed by atoms with van der Waals surface area (Å²) in [4.78, 5) is 13.7. The zero-order chi connectivity index (χ0) is 10.8. The molecule has 1 aliphatic rings. The van der Waals surface area contributed by atoms with Gasteiger partial charge in [-0.1, -0.05) is 0 Å². The van der Waals surface area contributed by atoms with Crippen LogP contribution in [0.15, 0.2) is 21.2 Å². The van der Waals surface area contributed by atoms with E-state index in [4.69, 9.17) is 10.2 Å². The Balaban J connectivity index is 2.07. The SMILES string of the molecule is N[C@@H]1CCCN(C(=O)c2ccc(Br)o2)C1. The highest BCUT2D eigenvalue weighted by atomic mass is 79.9. The maximum absolute atomic E-state index is 11.9. The second-order valence-corrected chi connectivity index (χ2v) is 4.54. The van der Waals surface area contributed by atoms with Gasteiger partial charge in [0.15, 0.2) is 10.4 Å². The summed E-state index contributed by atoms with van der Waals surface area (Å²) in [5.74, 6) is 0.298. The first kappa shape index (κ1) is 10.7. The fourth-order valence-corrected chi connectivity index (χ4v) is 2.09. The second-order valence-electron chi connectivity index (χ2n) is 3.76. The van der Waals surface area contributed by atoms with E-state index in [2.05, 4.69) is 15.9 Å². The summed E-state index contributed by atoms with van der Waals surface area (Å²) < 4.78 is 5.79. The van der Waals surface area contributed by atoms with E-state index in [0.717, 1.165) is 19.4 Å². The Hall–Kier alpha value is -0.810. The van der Waals surface area contributed by atoms with Crippen LogP contribution < -0.4 is 5.73 Å². The summed E-state index contributed by atoms with van der Waals surface area (Å²) in [6, 6.07) is 3.49. The maximum Gasteiger partial charge on any atom is 0.289 e. The molecule has 5 heteroatoms. The molecule has 1 saturated heterocycles. The molecule has 0 aromatic carbocycles. The highest BCUT2D eigenvalue weighted by molar-refractivity contribution is 9.10. The normalized spacial score (nSPS) is 21.7. The number of rotatable bonds is 1. The predicted molar refractivity (Wildman–Crippen MR) is 59.5 cm³/mol. The van der Waals surface area contributed by atoms with Gasteiger partial charge in [0.1, 0.15) is 0 Å². The maximum atomic E-state index is 11.9. The van der Waals surface area contributed by atoms with E-state index < -0.39 is 0 Å². The van der Waals surface area contributed by atoms with Crippen molar-refractivity contribution in [1.82, 2.24) is 4.90 Å². The molecule has 15 heavy (non-hydrogen) atoms. The Bertz CT molecular complexity index is 364. The number of carbonyl (C=O) groups is 1. The summed E-state index contributed by atoms with van der Waals surface area (Å²) in [5, 5.41) is 0. The lowest BCUT2D eigenvalue weighted by Gasteiger charge is -2.29. The molecule has 2 rings (SSSR count). The highest BCUT2D eigenvalue weighted by Gasteiger charge is 2.24. The van der Waals surface area contributed by atoms with Crippen molar-refractivity contribution in [2.45, 2.75) is 18.9 Å². The number of amides is 1. The van der Waals surface area contributed by atoms with E-state index in [-0.39, 0.29) is 11.9 Å². The van der Waals surface area contributed by atoms with Crippen LogP contribution in [0.25, 0.3) is 0 Å². The van der Waals surface area contributed by atoms with Gasteiger partial charge < -0.3 is 15.1 Å². The zero-order valence-corrected chi connectivity index (χ0v) is 9.87. The van der Waals surface area contributed by atoms with Gasteiger partial charge in [-0.25, -0.2) is 0 Å². The molecule has 82 valence electrons. The molecular weight excluding hydrogens is 260 g/mol. The lowest BCUT2D eigenvalue weighted by atomic mass is 10.1. The summed E-state index contributed by atoms with van der Waals surface area (Å²) in [7, 11) is 0. The van der Waals surface area contributed by atoms with Gasteiger partial charge in [-0.15, -0.1) is 0 Å². The molecule has 1 amide bonds. The molecule has 2 heterocycles. The largest absolute Gasteiger partial charge is 0.444 e. The number of hydrogen-bond donors (Lipinski definition) is 1. The predicted octanol–water partition coefficient (Wildman–Crippen LogP) is 1.61. The number of likely N-dealkylation sites (tertiary alicyclic amines) is 1. The molecule has 1 fully saturated rings. The summed E-state index contributed by atoms with van der Waals surface area (Å²) >= 11 is 3.17. The van der Waals surface area contributed by atoms with Crippen molar-refractivity contribution in [3.05, 3.63) is 22.6 Å². The van der Waals surface area contributed by atoms with Gasteiger partial charge in [-0.2, -0.15) is 0 Å². The molecule has 4 nitrogen and oxygen atoms in total. The minimum Gasteiger partial charge on any atom is -0.444 e. The van der Waals surface area contributed by atoms with Gasteiger partial charge in [0.25, 0.3) is 5.91 Å². The minimum atomic E-state index is -0.0733. The van der Waals surface area contributed by atoms with E-state index in [1.807, 2.05) is 0 Å². The zero-order valence-electron chi connectivity index (χ0n) is 8.28. The van der Waals surface area contributed by atoms with Crippen molar-refractivity contribution in [1.29, 1.82) is 0 Å². The average molecular weight is 273 g/mol. The third-order valence-corrected chi connectivity index (χ3v) is 2.96. The third-order valence-electron chi connectivity index (χ3n) is 2.53. The lowest BCUT2D eigenvalue weighted by molar-refractivity contribution is 0.0675. The number of piperidine rings is 1. The molecule has 1 aromatic heterocycles. The summed E-state index contributed by atoms with van der Waals surface area (Å²) in [6.07, 6.45) is 1.96. The van der Waals surface area contributed by atoms with Crippen LogP contribution in [-0.2, 0) is 0 Å². The van der Waals surface area contributed by atoms with Crippen LogP contribution in [0.1, 0.15) is 23.4 Å². The van der Waals surface area contributed by atoms with E-state index in [1.165, 1.54) is 0 Å². The first-order valence-electron chi connectivity index (χ1n) is 4.97. The number of hydrogen-bond acceptors (Lipinski definition) is 3. The first-order chi connectivity index (χ1) is 7.16.